The Balaban J connectivity index is 1.67. The molecular formula is C18H18FNO4S. The van der Waals surface area contributed by atoms with E-state index in [0.29, 0.717) is 13.1 Å². The Kier molecular flexibility index (Phi) is 5.15. The van der Waals surface area contributed by atoms with Crippen molar-refractivity contribution in [2.45, 2.75) is 24.3 Å². The number of ether oxygens (including phenoxy) is 1. The molecular weight excluding hydrogens is 345 g/mol. The zero-order valence-electron chi connectivity index (χ0n) is 13.5. The number of hydrogen-bond acceptors (Lipinski definition) is 4. The predicted octanol–water partition coefficient (Wildman–Crippen LogP) is 2.97. The van der Waals surface area contributed by atoms with Crippen LogP contribution in [0.2, 0.25) is 0 Å². The Morgan fingerprint density at radius 2 is 1.68 bits per heavy atom. The highest BCUT2D eigenvalue weighted by Gasteiger charge is 2.27. The highest BCUT2D eigenvalue weighted by atomic mass is 32.2. The van der Waals surface area contributed by atoms with Crippen molar-refractivity contribution >= 4 is 16.0 Å². The van der Waals surface area contributed by atoms with E-state index in [9.17, 15) is 17.6 Å². The first-order chi connectivity index (χ1) is 12.0. The first-order valence-electron chi connectivity index (χ1n) is 7.99. The Morgan fingerprint density at radius 3 is 2.32 bits per heavy atom. The molecule has 0 unspecified atom stereocenters. The molecule has 1 aliphatic heterocycles. The Hall–Kier alpha value is -2.25. The Labute approximate surface area is 146 Å². The number of hydrogen-bond donors (Lipinski definition) is 0. The van der Waals surface area contributed by atoms with Crippen molar-refractivity contribution in [2.24, 2.45) is 0 Å². The van der Waals surface area contributed by atoms with E-state index in [1.54, 1.807) is 12.1 Å². The quantitative estimate of drug-likeness (QED) is 0.766. The minimum Gasteiger partial charge on any atom is -0.457 e. The second kappa shape index (κ2) is 7.33. The van der Waals surface area contributed by atoms with Crippen LogP contribution in [0.4, 0.5) is 4.39 Å². The van der Waals surface area contributed by atoms with E-state index in [2.05, 4.69) is 0 Å². The van der Waals surface area contributed by atoms with E-state index in [-0.39, 0.29) is 22.6 Å². The number of rotatable bonds is 5. The van der Waals surface area contributed by atoms with Crippen molar-refractivity contribution in [1.29, 1.82) is 0 Å². The molecule has 132 valence electrons. The van der Waals surface area contributed by atoms with Crippen molar-refractivity contribution in [2.75, 3.05) is 13.1 Å². The number of benzene rings is 2. The van der Waals surface area contributed by atoms with Gasteiger partial charge in [0.15, 0.2) is 0 Å². The largest absolute Gasteiger partial charge is 0.457 e. The van der Waals surface area contributed by atoms with Crippen molar-refractivity contribution in [1.82, 2.24) is 4.31 Å². The minimum absolute atomic E-state index is 0.153. The van der Waals surface area contributed by atoms with E-state index in [4.69, 9.17) is 4.74 Å². The maximum atomic E-state index is 13.5. The fourth-order valence-corrected chi connectivity index (χ4v) is 4.20. The Bertz CT molecular complexity index is 859. The van der Waals surface area contributed by atoms with Gasteiger partial charge in [-0.1, -0.05) is 18.2 Å². The number of nitrogens with zero attached hydrogens (tertiary/aromatic N) is 1. The molecule has 0 spiro atoms. The fraction of sp³-hybridized carbons (Fsp3) is 0.278. The van der Waals surface area contributed by atoms with Gasteiger partial charge in [-0.15, -0.1) is 0 Å². The molecule has 0 aliphatic carbocycles. The molecule has 0 N–H and O–H groups in total. The minimum atomic E-state index is -3.51. The zero-order valence-corrected chi connectivity index (χ0v) is 14.3. The van der Waals surface area contributed by atoms with Gasteiger partial charge in [0.25, 0.3) is 0 Å². The molecule has 1 fully saturated rings. The molecule has 2 aromatic carbocycles. The maximum Gasteiger partial charge on any atom is 0.338 e. The molecule has 0 bridgehead atoms. The molecule has 2 aromatic rings. The van der Waals surface area contributed by atoms with Crippen molar-refractivity contribution in [3.05, 3.63) is 65.5 Å². The van der Waals surface area contributed by atoms with Gasteiger partial charge in [0.1, 0.15) is 12.4 Å². The number of sulfonamides is 1. The molecule has 0 saturated carbocycles. The summed E-state index contributed by atoms with van der Waals surface area (Å²) in [5.41, 5.74) is 0.501. The molecule has 1 saturated heterocycles. The SMILES string of the molecule is O=C(OCc1ccccc1F)c1ccc(S(=O)(=O)N2CCCC2)cc1. The number of esters is 1. The monoisotopic (exact) mass is 363 g/mol. The fourth-order valence-electron chi connectivity index (χ4n) is 2.68. The van der Waals surface area contributed by atoms with Crippen LogP contribution in [0, 0.1) is 5.82 Å². The van der Waals surface area contributed by atoms with E-state index in [0.717, 1.165) is 12.8 Å². The second-order valence-corrected chi connectivity index (χ2v) is 7.74. The summed E-state index contributed by atoms with van der Waals surface area (Å²) in [6.07, 6.45) is 1.72. The molecule has 0 atom stereocenters. The first-order valence-corrected chi connectivity index (χ1v) is 9.43. The van der Waals surface area contributed by atoms with Crippen molar-refractivity contribution in [3.8, 4) is 0 Å². The third-order valence-electron chi connectivity index (χ3n) is 4.11. The molecule has 0 amide bonds. The molecule has 5 nitrogen and oxygen atoms in total. The summed E-state index contributed by atoms with van der Waals surface area (Å²) >= 11 is 0. The first kappa shape index (κ1) is 17.6. The van der Waals surface area contributed by atoms with Gasteiger partial charge in [0, 0.05) is 18.7 Å². The highest BCUT2D eigenvalue weighted by Crippen LogP contribution is 2.21. The van der Waals surface area contributed by atoms with Gasteiger partial charge in [-0.05, 0) is 43.2 Å². The van der Waals surface area contributed by atoms with Crippen LogP contribution >= 0.6 is 0 Å². The topological polar surface area (TPSA) is 63.7 Å². The molecule has 7 heteroatoms. The van der Waals surface area contributed by atoms with Crippen LogP contribution in [0.5, 0.6) is 0 Å². The van der Waals surface area contributed by atoms with Gasteiger partial charge in [0.05, 0.1) is 10.5 Å². The van der Waals surface area contributed by atoms with Crippen LogP contribution in [-0.4, -0.2) is 31.8 Å². The van der Waals surface area contributed by atoms with Gasteiger partial charge < -0.3 is 4.74 Å². The summed E-state index contributed by atoms with van der Waals surface area (Å²) in [5.74, 6) is -1.07. The summed E-state index contributed by atoms with van der Waals surface area (Å²) in [5, 5.41) is 0. The summed E-state index contributed by atoms with van der Waals surface area (Å²) in [7, 11) is -3.51. The smallest absolute Gasteiger partial charge is 0.338 e. The Morgan fingerprint density at radius 1 is 1.04 bits per heavy atom. The van der Waals surface area contributed by atoms with Gasteiger partial charge in [-0.25, -0.2) is 17.6 Å². The average molecular weight is 363 g/mol. The molecule has 1 aliphatic rings. The predicted molar refractivity (Wildman–Crippen MR) is 90.0 cm³/mol. The molecule has 1 heterocycles. The lowest BCUT2D eigenvalue weighted by atomic mass is 10.2. The summed E-state index contributed by atoms with van der Waals surface area (Å²) in [4.78, 5) is 12.2. The molecule has 3 rings (SSSR count). The molecule has 25 heavy (non-hydrogen) atoms. The average Bonchev–Trinajstić information content (AvgIpc) is 3.16. The van der Waals surface area contributed by atoms with Gasteiger partial charge in [-0.3, -0.25) is 0 Å². The van der Waals surface area contributed by atoms with Gasteiger partial charge in [0.2, 0.25) is 10.0 Å². The van der Waals surface area contributed by atoms with Crippen molar-refractivity contribution < 1.29 is 22.3 Å². The van der Waals surface area contributed by atoms with Crippen LogP contribution < -0.4 is 0 Å². The van der Waals surface area contributed by atoms with Crippen LogP contribution in [0.25, 0.3) is 0 Å². The van der Waals surface area contributed by atoms with Crippen LogP contribution in [0.3, 0.4) is 0 Å². The van der Waals surface area contributed by atoms with E-state index < -0.39 is 21.8 Å². The maximum absolute atomic E-state index is 13.5. The van der Waals surface area contributed by atoms with Crippen molar-refractivity contribution in [3.63, 3.8) is 0 Å². The highest BCUT2D eigenvalue weighted by molar-refractivity contribution is 7.89. The lowest BCUT2D eigenvalue weighted by Gasteiger charge is -2.15. The van der Waals surface area contributed by atoms with E-state index in [1.165, 1.54) is 40.7 Å². The number of carbonyl (C=O) groups excluding carboxylic acids is 1. The molecule has 0 aromatic heterocycles. The number of halogens is 1. The lowest BCUT2D eigenvalue weighted by molar-refractivity contribution is 0.0469. The standard InChI is InChI=1S/C18H18FNO4S/c19-17-6-2-1-5-15(17)13-24-18(21)14-7-9-16(10-8-14)25(22,23)20-11-3-4-12-20/h1-2,5-10H,3-4,11-13H2. The van der Waals surface area contributed by atoms with Gasteiger partial charge in [-0.2, -0.15) is 4.31 Å². The van der Waals surface area contributed by atoms with E-state index in [1.807, 2.05) is 0 Å². The van der Waals surface area contributed by atoms with Gasteiger partial charge >= 0.3 is 5.97 Å². The third-order valence-corrected chi connectivity index (χ3v) is 6.02. The zero-order chi connectivity index (χ0) is 17.9. The summed E-state index contributed by atoms with van der Waals surface area (Å²) < 4.78 is 44.9. The van der Waals surface area contributed by atoms with Crippen LogP contribution in [0.1, 0.15) is 28.8 Å². The normalized spacial score (nSPS) is 15.2. The third kappa shape index (κ3) is 3.88. The lowest BCUT2D eigenvalue weighted by Crippen LogP contribution is -2.27. The summed E-state index contributed by atoms with van der Waals surface area (Å²) in [6, 6.07) is 11.7. The second-order valence-electron chi connectivity index (χ2n) is 5.80. The molecule has 0 radical (unpaired) electrons. The van der Waals surface area contributed by atoms with E-state index >= 15 is 0 Å². The number of carbonyl (C=O) groups is 1. The van der Waals surface area contributed by atoms with Crippen LogP contribution in [0.15, 0.2) is 53.4 Å². The van der Waals surface area contributed by atoms with Crippen LogP contribution in [-0.2, 0) is 21.4 Å². The summed E-state index contributed by atoms with van der Waals surface area (Å²) in [6.45, 7) is 0.864.